The summed E-state index contributed by atoms with van der Waals surface area (Å²) >= 11 is 7.79. The fourth-order valence-corrected chi connectivity index (χ4v) is 5.99. The van der Waals surface area contributed by atoms with Crippen LogP contribution in [0.2, 0.25) is 5.02 Å². The number of anilines is 2. The summed E-state index contributed by atoms with van der Waals surface area (Å²) in [5, 5.41) is 8.89. The van der Waals surface area contributed by atoms with Crippen molar-refractivity contribution in [1.82, 2.24) is 9.29 Å². The highest BCUT2D eigenvalue weighted by Gasteiger charge is 2.28. The number of halogens is 1. The van der Waals surface area contributed by atoms with Crippen molar-refractivity contribution in [3.63, 3.8) is 0 Å². The van der Waals surface area contributed by atoms with E-state index in [-0.39, 0.29) is 11.4 Å². The Hall–Kier alpha value is -3.44. The highest BCUT2D eigenvalue weighted by molar-refractivity contribution is 7.89. The molecule has 0 saturated heterocycles. The van der Waals surface area contributed by atoms with Crippen molar-refractivity contribution in [3.8, 4) is 17.0 Å². The van der Waals surface area contributed by atoms with E-state index in [2.05, 4.69) is 15.6 Å². The SMILES string of the molecule is CNc1nc(-c2ccc(OC)c(NC(=O)CN(Cc3ccccc3Cl)S(=O)(=O)c3ccc(C)cc3)c2)cs1. The second kappa shape index (κ2) is 12.0. The first-order valence-electron chi connectivity index (χ1n) is 11.6. The van der Waals surface area contributed by atoms with E-state index in [4.69, 9.17) is 16.3 Å². The zero-order chi connectivity index (χ0) is 27.3. The average Bonchev–Trinajstić information content (AvgIpc) is 3.39. The topological polar surface area (TPSA) is 101 Å². The quantitative estimate of drug-likeness (QED) is 0.255. The summed E-state index contributed by atoms with van der Waals surface area (Å²) < 4.78 is 33.8. The van der Waals surface area contributed by atoms with Crippen LogP contribution in [0.25, 0.3) is 11.3 Å². The maximum atomic E-state index is 13.6. The van der Waals surface area contributed by atoms with Gasteiger partial charge in [-0.1, -0.05) is 47.5 Å². The van der Waals surface area contributed by atoms with E-state index in [1.165, 1.54) is 30.6 Å². The largest absolute Gasteiger partial charge is 0.495 e. The van der Waals surface area contributed by atoms with Gasteiger partial charge in [-0.05, 0) is 48.9 Å². The van der Waals surface area contributed by atoms with Gasteiger partial charge < -0.3 is 15.4 Å². The zero-order valence-corrected chi connectivity index (χ0v) is 23.5. The summed E-state index contributed by atoms with van der Waals surface area (Å²) in [7, 11) is -0.729. The number of methoxy groups -OCH3 is 1. The summed E-state index contributed by atoms with van der Waals surface area (Å²) in [5.74, 6) is -0.0948. The molecule has 0 unspecified atom stereocenters. The fourth-order valence-electron chi connectivity index (χ4n) is 3.74. The molecule has 0 aliphatic heterocycles. The molecular weight excluding hydrogens is 544 g/mol. The lowest BCUT2D eigenvalue weighted by Gasteiger charge is -2.23. The molecule has 0 aliphatic rings. The number of ether oxygens (including phenoxy) is 1. The van der Waals surface area contributed by atoms with Gasteiger partial charge in [-0.2, -0.15) is 4.31 Å². The normalized spacial score (nSPS) is 11.4. The van der Waals surface area contributed by atoms with E-state index in [1.807, 2.05) is 18.4 Å². The lowest BCUT2D eigenvalue weighted by Crippen LogP contribution is -2.37. The number of sulfonamides is 1. The number of amides is 1. The molecule has 4 rings (SSSR count). The van der Waals surface area contributed by atoms with Crippen molar-refractivity contribution < 1.29 is 17.9 Å². The van der Waals surface area contributed by atoms with E-state index < -0.39 is 22.5 Å². The molecule has 1 heterocycles. The van der Waals surface area contributed by atoms with Crippen LogP contribution in [-0.4, -0.2) is 44.3 Å². The lowest BCUT2D eigenvalue weighted by atomic mass is 10.1. The number of aromatic nitrogens is 1. The highest BCUT2D eigenvalue weighted by atomic mass is 35.5. The molecule has 4 aromatic rings. The van der Waals surface area contributed by atoms with E-state index in [0.29, 0.717) is 22.0 Å². The van der Waals surface area contributed by atoms with E-state index >= 15 is 0 Å². The van der Waals surface area contributed by atoms with Gasteiger partial charge in [0.25, 0.3) is 0 Å². The lowest BCUT2D eigenvalue weighted by molar-refractivity contribution is -0.116. The summed E-state index contributed by atoms with van der Waals surface area (Å²) in [4.78, 5) is 17.9. The third kappa shape index (κ3) is 6.33. The molecule has 0 aliphatic carbocycles. The third-order valence-corrected chi connectivity index (χ3v) is 8.81. The monoisotopic (exact) mass is 570 g/mol. The Labute approximate surface area is 231 Å². The number of nitrogens with zero attached hydrogens (tertiary/aromatic N) is 2. The molecule has 2 N–H and O–H groups in total. The minimum Gasteiger partial charge on any atom is -0.495 e. The van der Waals surface area contributed by atoms with Crippen LogP contribution in [0, 0.1) is 6.92 Å². The summed E-state index contributed by atoms with van der Waals surface area (Å²) in [6.07, 6.45) is 0. The Bertz CT molecular complexity index is 1540. The fraction of sp³-hybridized carbons (Fsp3) is 0.185. The summed E-state index contributed by atoms with van der Waals surface area (Å²) in [5.41, 5.74) is 3.42. The standard InChI is InChI=1S/C27H27ClN4O4S2/c1-18-8-11-21(12-9-18)38(34,35)32(15-20-6-4-5-7-22(20)28)16-26(33)30-23-14-19(10-13-25(23)36-3)24-17-37-27(29-2)31-24/h4-14,17H,15-16H2,1-3H3,(H,29,31)(H,30,33). The van der Waals surface area contributed by atoms with Crippen molar-refractivity contribution in [1.29, 1.82) is 0 Å². The van der Waals surface area contributed by atoms with Crippen LogP contribution in [0.3, 0.4) is 0 Å². The molecular formula is C27H27ClN4O4S2. The molecule has 0 atom stereocenters. The Morgan fingerprint density at radius 1 is 1.11 bits per heavy atom. The number of hydrogen-bond donors (Lipinski definition) is 2. The molecule has 1 amide bonds. The number of benzene rings is 3. The number of carbonyl (C=O) groups is 1. The van der Waals surface area contributed by atoms with Gasteiger partial charge in [0.1, 0.15) is 5.75 Å². The number of hydrogen-bond acceptors (Lipinski definition) is 7. The van der Waals surface area contributed by atoms with Crippen LogP contribution in [0.4, 0.5) is 10.8 Å². The highest BCUT2D eigenvalue weighted by Crippen LogP contribution is 2.32. The maximum Gasteiger partial charge on any atom is 0.243 e. The first-order chi connectivity index (χ1) is 18.2. The van der Waals surface area contributed by atoms with Gasteiger partial charge in [0.2, 0.25) is 15.9 Å². The van der Waals surface area contributed by atoms with E-state index in [0.717, 1.165) is 26.3 Å². The van der Waals surface area contributed by atoms with Gasteiger partial charge in [-0.3, -0.25) is 4.79 Å². The predicted octanol–water partition coefficient (Wildman–Crippen LogP) is 5.65. The van der Waals surface area contributed by atoms with Crippen LogP contribution in [0.1, 0.15) is 11.1 Å². The van der Waals surface area contributed by atoms with Gasteiger partial charge in [0, 0.05) is 29.6 Å². The molecule has 3 aromatic carbocycles. The first kappa shape index (κ1) is 27.6. The summed E-state index contributed by atoms with van der Waals surface area (Å²) in [6, 6.07) is 18.8. The first-order valence-corrected chi connectivity index (χ1v) is 14.3. The van der Waals surface area contributed by atoms with Crippen LogP contribution >= 0.6 is 22.9 Å². The van der Waals surface area contributed by atoms with Gasteiger partial charge in [-0.15, -0.1) is 11.3 Å². The zero-order valence-electron chi connectivity index (χ0n) is 21.1. The van der Waals surface area contributed by atoms with Crippen molar-refractivity contribution in [2.24, 2.45) is 0 Å². The Balaban J connectivity index is 1.63. The summed E-state index contributed by atoms with van der Waals surface area (Å²) in [6.45, 7) is 1.36. The molecule has 11 heteroatoms. The number of thiazole rings is 1. The molecule has 0 radical (unpaired) electrons. The second-order valence-electron chi connectivity index (χ2n) is 8.43. The van der Waals surface area contributed by atoms with Crippen LogP contribution < -0.4 is 15.4 Å². The number of nitrogens with one attached hydrogen (secondary N) is 2. The van der Waals surface area contributed by atoms with Crippen molar-refractivity contribution >= 4 is 49.7 Å². The van der Waals surface area contributed by atoms with Crippen molar-refractivity contribution in [3.05, 3.63) is 88.3 Å². The molecule has 0 saturated carbocycles. The van der Waals surface area contributed by atoms with Gasteiger partial charge in [0.05, 0.1) is 29.9 Å². The molecule has 0 spiro atoms. The van der Waals surface area contributed by atoms with Crippen molar-refractivity contribution in [2.75, 3.05) is 31.3 Å². The minimum atomic E-state index is -4.02. The van der Waals surface area contributed by atoms with Crippen LogP contribution in [-0.2, 0) is 21.4 Å². The Morgan fingerprint density at radius 3 is 2.50 bits per heavy atom. The third-order valence-electron chi connectivity index (χ3n) is 5.77. The molecule has 198 valence electrons. The number of aryl methyl sites for hydroxylation is 1. The predicted molar refractivity (Wildman–Crippen MR) is 153 cm³/mol. The van der Waals surface area contributed by atoms with E-state index in [1.54, 1.807) is 55.6 Å². The molecule has 8 nitrogen and oxygen atoms in total. The number of carbonyl (C=O) groups excluding carboxylic acids is 1. The van der Waals surface area contributed by atoms with Gasteiger partial charge >= 0.3 is 0 Å². The van der Waals surface area contributed by atoms with Crippen LogP contribution in [0.5, 0.6) is 5.75 Å². The van der Waals surface area contributed by atoms with Gasteiger partial charge in [-0.25, -0.2) is 13.4 Å². The second-order valence-corrected chi connectivity index (χ2v) is 11.6. The average molecular weight is 571 g/mol. The smallest absolute Gasteiger partial charge is 0.243 e. The molecule has 0 fully saturated rings. The minimum absolute atomic E-state index is 0.0773. The molecule has 0 bridgehead atoms. The Morgan fingerprint density at radius 2 is 1.84 bits per heavy atom. The molecule has 38 heavy (non-hydrogen) atoms. The van der Waals surface area contributed by atoms with Crippen molar-refractivity contribution in [2.45, 2.75) is 18.4 Å². The maximum absolute atomic E-state index is 13.6. The van der Waals surface area contributed by atoms with Crippen LogP contribution in [0.15, 0.2) is 77.0 Å². The van der Waals surface area contributed by atoms with E-state index in [9.17, 15) is 13.2 Å². The Kier molecular flexibility index (Phi) is 8.68. The number of rotatable bonds is 10. The van der Waals surface area contributed by atoms with Gasteiger partial charge in [0.15, 0.2) is 5.13 Å². The molecule has 1 aromatic heterocycles.